The number of anilines is 2. The molecular formula is C10H17N5O2S2. The molecule has 1 atom stereocenters. The van der Waals surface area contributed by atoms with Crippen LogP contribution in [-0.4, -0.2) is 47.6 Å². The van der Waals surface area contributed by atoms with Gasteiger partial charge in [0.2, 0.25) is 0 Å². The van der Waals surface area contributed by atoms with E-state index in [2.05, 4.69) is 15.4 Å². The molecule has 0 radical (unpaired) electrons. The van der Waals surface area contributed by atoms with Gasteiger partial charge in [0.1, 0.15) is 5.37 Å². The zero-order valence-electron chi connectivity index (χ0n) is 10.6. The highest BCUT2D eigenvalue weighted by Gasteiger charge is 2.33. The maximum absolute atomic E-state index is 12.1. The molecule has 1 saturated heterocycles. The number of hydrogen-bond acceptors (Lipinski definition) is 8. The number of thioether (sulfide) groups is 1. The summed E-state index contributed by atoms with van der Waals surface area (Å²) in [6.07, 6.45) is 3.06. The smallest absolute Gasteiger partial charge is 0.171 e. The number of nitrogen functional groups attached to an aromatic ring is 1. The van der Waals surface area contributed by atoms with E-state index in [-0.39, 0.29) is 5.75 Å². The Bertz CT molecular complexity index is 536. The van der Waals surface area contributed by atoms with Crippen molar-refractivity contribution < 1.29 is 8.42 Å². The molecular weight excluding hydrogens is 286 g/mol. The molecule has 2 rings (SSSR count). The first kappa shape index (κ1) is 14.4. The molecule has 106 valence electrons. The average molecular weight is 303 g/mol. The molecule has 0 aliphatic carbocycles. The van der Waals surface area contributed by atoms with Crippen LogP contribution in [0.5, 0.6) is 0 Å². The molecule has 2 heterocycles. The van der Waals surface area contributed by atoms with Crippen molar-refractivity contribution in [3.63, 3.8) is 0 Å². The lowest BCUT2D eigenvalue weighted by atomic mass is 10.4. The SMILES string of the molecule is CCS(=O)(=O)C1CSCCN1c1cncc(NN)n1. The molecule has 0 amide bonds. The van der Waals surface area contributed by atoms with Gasteiger partial charge in [-0.1, -0.05) is 6.92 Å². The van der Waals surface area contributed by atoms with Gasteiger partial charge in [0, 0.05) is 23.8 Å². The summed E-state index contributed by atoms with van der Waals surface area (Å²) in [4.78, 5) is 10.1. The minimum atomic E-state index is -3.15. The Labute approximate surface area is 116 Å². The lowest BCUT2D eigenvalue weighted by Gasteiger charge is -2.35. The van der Waals surface area contributed by atoms with Gasteiger partial charge in [-0.2, -0.15) is 11.8 Å². The van der Waals surface area contributed by atoms with Crippen molar-refractivity contribution in [2.24, 2.45) is 5.84 Å². The normalized spacial score (nSPS) is 20.3. The minimum absolute atomic E-state index is 0.122. The predicted molar refractivity (Wildman–Crippen MR) is 77.8 cm³/mol. The molecule has 7 nitrogen and oxygen atoms in total. The third-order valence-corrected chi connectivity index (χ3v) is 6.25. The number of hydrazine groups is 1. The Morgan fingerprint density at radius 2 is 2.37 bits per heavy atom. The number of nitrogens with two attached hydrogens (primary N) is 1. The highest BCUT2D eigenvalue weighted by molar-refractivity contribution is 8.01. The van der Waals surface area contributed by atoms with Gasteiger partial charge in [0.05, 0.1) is 12.4 Å². The van der Waals surface area contributed by atoms with Crippen molar-refractivity contribution in [2.75, 3.05) is 34.1 Å². The molecule has 0 saturated carbocycles. The van der Waals surface area contributed by atoms with E-state index >= 15 is 0 Å². The Hall–Kier alpha value is -1.06. The summed E-state index contributed by atoms with van der Waals surface area (Å²) in [5, 5.41) is -0.543. The fraction of sp³-hybridized carbons (Fsp3) is 0.600. The van der Waals surface area contributed by atoms with Gasteiger partial charge < -0.3 is 10.3 Å². The van der Waals surface area contributed by atoms with Gasteiger partial charge in [0.15, 0.2) is 21.5 Å². The van der Waals surface area contributed by atoms with Crippen LogP contribution in [0.2, 0.25) is 0 Å². The second kappa shape index (κ2) is 5.93. The molecule has 0 spiro atoms. The quantitative estimate of drug-likeness (QED) is 0.595. The third kappa shape index (κ3) is 3.10. The molecule has 1 aromatic rings. The third-order valence-electron chi connectivity index (χ3n) is 2.97. The first-order valence-electron chi connectivity index (χ1n) is 5.93. The maximum Gasteiger partial charge on any atom is 0.171 e. The summed E-state index contributed by atoms with van der Waals surface area (Å²) in [7, 11) is -3.15. The van der Waals surface area contributed by atoms with Crippen LogP contribution in [0.15, 0.2) is 12.4 Å². The summed E-state index contributed by atoms with van der Waals surface area (Å²) >= 11 is 1.64. The minimum Gasteiger partial charge on any atom is -0.337 e. The predicted octanol–water partition coefficient (Wildman–Crippen LogP) is 0.0762. The van der Waals surface area contributed by atoms with Crippen LogP contribution in [0, 0.1) is 0 Å². The molecule has 1 unspecified atom stereocenters. The summed E-state index contributed by atoms with van der Waals surface area (Å²) in [6.45, 7) is 2.30. The van der Waals surface area contributed by atoms with E-state index in [0.29, 0.717) is 23.9 Å². The van der Waals surface area contributed by atoms with Gasteiger partial charge in [-0.05, 0) is 0 Å². The molecule has 1 fully saturated rings. The van der Waals surface area contributed by atoms with E-state index in [1.165, 1.54) is 6.20 Å². The Balaban J connectivity index is 2.34. The highest BCUT2D eigenvalue weighted by atomic mass is 32.2. The summed E-state index contributed by atoms with van der Waals surface area (Å²) in [5.74, 6) is 7.81. The summed E-state index contributed by atoms with van der Waals surface area (Å²) < 4.78 is 24.3. The van der Waals surface area contributed by atoms with Crippen LogP contribution in [0.25, 0.3) is 0 Å². The van der Waals surface area contributed by atoms with Gasteiger partial charge in [-0.3, -0.25) is 4.98 Å². The van der Waals surface area contributed by atoms with Crippen LogP contribution in [0.1, 0.15) is 6.92 Å². The molecule has 0 bridgehead atoms. The fourth-order valence-electron chi connectivity index (χ4n) is 1.90. The number of nitrogens with zero attached hydrogens (tertiary/aromatic N) is 3. The van der Waals surface area contributed by atoms with Crippen LogP contribution < -0.4 is 16.2 Å². The fourth-order valence-corrected chi connectivity index (χ4v) is 4.87. The maximum atomic E-state index is 12.1. The Morgan fingerprint density at radius 1 is 1.58 bits per heavy atom. The number of hydrogen-bond donors (Lipinski definition) is 2. The van der Waals surface area contributed by atoms with Crippen molar-refractivity contribution in [2.45, 2.75) is 12.3 Å². The second-order valence-corrected chi connectivity index (χ2v) is 7.68. The van der Waals surface area contributed by atoms with E-state index in [1.54, 1.807) is 29.8 Å². The zero-order chi connectivity index (χ0) is 13.9. The monoisotopic (exact) mass is 303 g/mol. The number of nitrogens with one attached hydrogen (secondary N) is 1. The van der Waals surface area contributed by atoms with Crippen molar-refractivity contribution in [1.82, 2.24) is 9.97 Å². The first-order chi connectivity index (χ1) is 9.08. The number of rotatable bonds is 4. The largest absolute Gasteiger partial charge is 0.337 e. The molecule has 1 aromatic heterocycles. The molecule has 0 aromatic carbocycles. The first-order valence-corrected chi connectivity index (χ1v) is 8.80. The summed E-state index contributed by atoms with van der Waals surface area (Å²) in [5.41, 5.74) is 2.42. The Kier molecular flexibility index (Phi) is 4.48. The Morgan fingerprint density at radius 3 is 3.05 bits per heavy atom. The van der Waals surface area contributed by atoms with Gasteiger partial charge >= 0.3 is 0 Å². The molecule has 19 heavy (non-hydrogen) atoms. The number of aromatic nitrogens is 2. The van der Waals surface area contributed by atoms with Gasteiger partial charge in [-0.25, -0.2) is 19.2 Å². The number of sulfone groups is 1. The van der Waals surface area contributed by atoms with Gasteiger partial charge in [0.25, 0.3) is 0 Å². The van der Waals surface area contributed by atoms with E-state index in [0.717, 1.165) is 5.75 Å². The topological polar surface area (TPSA) is 101 Å². The van der Waals surface area contributed by atoms with E-state index in [9.17, 15) is 8.42 Å². The van der Waals surface area contributed by atoms with Crippen molar-refractivity contribution in [1.29, 1.82) is 0 Å². The second-order valence-electron chi connectivity index (χ2n) is 4.08. The van der Waals surface area contributed by atoms with Crippen LogP contribution in [0.4, 0.5) is 11.6 Å². The van der Waals surface area contributed by atoms with Gasteiger partial charge in [-0.15, -0.1) is 0 Å². The van der Waals surface area contributed by atoms with Crippen LogP contribution in [0.3, 0.4) is 0 Å². The molecule has 1 aliphatic heterocycles. The molecule has 3 N–H and O–H groups in total. The van der Waals surface area contributed by atoms with Crippen molar-refractivity contribution in [3.05, 3.63) is 12.4 Å². The molecule has 9 heteroatoms. The summed E-state index contributed by atoms with van der Waals surface area (Å²) in [6, 6.07) is 0. The van der Waals surface area contributed by atoms with E-state index < -0.39 is 15.2 Å². The average Bonchev–Trinajstić information content (AvgIpc) is 2.47. The highest BCUT2D eigenvalue weighted by Crippen LogP contribution is 2.26. The lowest BCUT2D eigenvalue weighted by Crippen LogP contribution is -2.48. The van der Waals surface area contributed by atoms with Crippen LogP contribution in [-0.2, 0) is 9.84 Å². The van der Waals surface area contributed by atoms with E-state index in [4.69, 9.17) is 5.84 Å². The van der Waals surface area contributed by atoms with Crippen molar-refractivity contribution >= 4 is 33.2 Å². The lowest BCUT2D eigenvalue weighted by molar-refractivity contribution is 0.578. The van der Waals surface area contributed by atoms with Crippen LogP contribution >= 0.6 is 11.8 Å². The zero-order valence-corrected chi connectivity index (χ0v) is 12.2. The molecule has 1 aliphatic rings. The van der Waals surface area contributed by atoms with E-state index in [1.807, 2.05) is 0 Å². The van der Waals surface area contributed by atoms with Crippen molar-refractivity contribution in [3.8, 4) is 0 Å². The standard InChI is InChI=1S/C10H17N5O2S2/c1-2-19(16,17)10-7-18-4-3-15(10)9-6-12-5-8(13-9)14-11/h5-6,10H,2-4,7,11H2,1H3,(H,13,14).